The van der Waals surface area contributed by atoms with Crippen LogP contribution in [0.2, 0.25) is 0 Å². The smallest absolute Gasteiger partial charge is 0.543 e. The number of fused-ring (bicyclic) bond motifs is 3. The summed E-state index contributed by atoms with van der Waals surface area (Å²) in [5, 5.41) is 22.7. The number of hydrogen-bond donors (Lipinski definition) is 0. The summed E-state index contributed by atoms with van der Waals surface area (Å²) >= 11 is 0. The van der Waals surface area contributed by atoms with Crippen molar-refractivity contribution in [2.24, 2.45) is 0 Å². The van der Waals surface area contributed by atoms with Gasteiger partial charge in [-0.05, 0) is 24.3 Å². The Labute approximate surface area is 175 Å². The first-order valence-electron chi connectivity index (χ1n) is 7.54. The molecule has 4 aromatic rings. The van der Waals surface area contributed by atoms with E-state index in [1.165, 1.54) is 6.07 Å². The second-order valence-corrected chi connectivity index (χ2v) is 5.20. The van der Waals surface area contributed by atoms with Gasteiger partial charge in [-0.2, -0.15) is 0 Å². The van der Waals surface area contributed by atoms with E-state index in [4.69, 9.17) is 0 Å². The van der Waals surface area contributed by atoms with E-state index in [1.54, 1.807) is 12.4 Å². The van der Waals surface area contributed by atoms with Gasteiger partial charge >= 0.3 is 17.1 Å². The van der Waals surface area contributed by atoms with Gasteiger partial charge in [-0.1, -0.05) is 30.3 Å². The molecule has 0 bridgehead atoms. The minimum Gasteiger partial charge on any atom is -0.543 e. The molecule has 0 spiro atoms. The van der Waals surface area contributed by atoms with Crippen molar-refractivity contribution >= 4 is 33.7 Å². The van der Waals surface area contributed by atoms with Crippen molar-refractivity contribution in [3.05, 3.63) is 78.4 Å². The summed E-state index contributed by atoms with van der Waals surface area (Å²) in [5.41, 5.74) is 1.12. The third-order valence-electron chi connectivity index (χ3n) is 3.51. The predicted molar refractivity (Wildman–Crippen MR) is 98.4 cm³/mol. The summed E-state index contributed by atoms with van der Waals surface area (Å²) in [4.78, 5) is 32.3. The van der Waals surface area contributed by atoms with Crippen LogP contribution in [0.1, 0.15) is 21.0 Å². The summed E-state index contributed by atoms with van der Waals surface area (Å²) in [6.07, 6.45) is 3.60. The summed E-state index contributed by atoms with van der Waals surface area (Å²) in [6.45, 7) is 0. The van der Waals surface area contributed by atoms with Crippen LogP contribution in [-0.4, -0.2) is 32.4 Å². The van der Waals surface area contributed by atoms with E-state index in [1.807, 2.05) is 12.1 Å². The zero-order valence-electron chi connectivity index (χ0n) is 14.8. The number of nitrogens with zero attached hydrogens (tertiary/aromatic N) is 3. The van der Waals surface area contributed by atoms with Crippen LogP contribution in [0.25, 0.3) is 21.8 Å². The molecule has 0 unspecified atom stereocenters. The number of carboxylic acid groups (broad SMARTS) is 2. The number of aromatic carboxylic acids is 2. The number of pyridine rings is 3. The van der Waals surface area contributed by atoms with Gasteiger partial charge < -0.3 is 30.8 Å². The number of carbonyl (C=O) groups excluding carboxylic acids is 2. The first-order chi connectivity index (χ1) is 12.6. The second kappa shape index (κ2) is 11.4. The van der Waals surface area contributed by atoms with Gasteiger partial charge in [0.2, 0.25) is 0 Å². The monoisotopic (exact) mass is 437 g/mol. The maximum atomic E-state index is 10.2. The molecule has 149 valence electrons. The zero-order valence-corrected chi connectivity index (χ0v) is 16.0. The van der Waals surface area contributed by atoms with Crippen LogP contribution in [0, 0.1) is 0 Å². The molecule has 29 heavy (non-hydrogen) atoms. The Bertz CT molecular complexity index is 1040. The van der Waals surface area contributed by atoms with E-state index in [0.29, 0.717) is 0 Å². The van der Waals surface area contributed by atoms with Gasteiger partial charge in [0.05, 0.1) is 34.4 Å². The second-order valence-electron chi connectivity index (χ2n) is 5.20. The van der Waals surface area contributed by atoms with E-state index >= 15 is 0 Å². The van der Waals surface area contributed by atoms with Crippen LogP contribution in [0.3, 0.4) is 0 Å². The minimum atomic E-state index is -1.52. The van der Waals surface area contributed by atoms with Crippen molar-refractivity contribution in [3.8, 4) is 0 Å². The number of aromatic nitrogens is 3. The van der Waals surface area contributed by atoms with Crippen LogP contribution in [-0.2, 0) is 22.5 Å². The molecule has 0 atom stereocenters. The average molecular weight is 437 g/mol. The van der Waals surface area contributed by atoms with Gasteiger partial charge in [-0.25, -0.2) is 4.98 Å². The Kier molecular flexibility index (Phi) is 10.1. The first-order valence-corrected chi connectivity index (χ1v) is 7.54. The van der Waals surface area contributed by atoms with Crippen LogP contribution in [0.4, 0.5) is 0 Å². The Morgan fingerprint density at radius 3 is 1.48 bits per heavy atom. The topological polar surface area (TPSA) is 183 Å². The van der Waals surface area contributed by atoms with Crippen molar-refractivity contribution in [1.82, 2.24) is 15.0 Å². The van der Waals surface area contributed by atoms with E-state index in [-0.39, 0.29) is 28.0 Å². The van der Waals surface area contributed by atoms with Crippen molar-refractivity contribution in [2.75, 3.05) is 0 Å². The number of benzene rings is 1. The Morgan fingerprint density at radius 2 is 1.10 bits per heavy atom. The Hall–Kier alpha value is -3.43. The number of hydrogen-bond acceptors (Lipinski definition) is 7. The first kappa shape index (κ1) is 25.6. The largest absolute Gasteiger partial charge is 2.00 e. The van der Waals surface area contributed by atoms with Gasteiger partial charge in [0.25, 0.3) is 0 Å². The molecule has 3 heterocycles. The Balaban J connectivity index is 0.000000496. The van der Waals surface area contributed by atoms with Crippen molar-refractivity contribution < 1.29 is 47.8 Å². The molecular formula is C19H16MnN3O6+. The molecule has 0 aliphatic carbocycles. The molecule has 0 fully saturated rings. The molecule has 0 saturated heterocycles. The summed E-state index contributed by atoms with van der Waals surface area (Å²) in [6, 6.07) is 15.7. The zero-order chi connectivity index (χ0) is 18.5. The number of carboxylic acids is 2. The molecule has 3 aromatic heterocycles. The SMILES string of the molecule is O.O=C([O-])c1cccc(C(=O)[O-])n1.[Mn+2].[OH3+].c1cnc2c(c1)ccc1cccnc12. The molecule has 4 rings (SSSR count). The molecule has 0 amide bonds. The standard InChI is InChI=1S/C12H8N2.C7H5NO4.Mn.2H2O/c1-3-9-5-6-10-4-2-8-14-12(10)11(9)13-7-1;9-6(10)4-2-1-3-5(8-4)7(11)12;;;/h1-8H;1-3H,(H,9,10)(H,11,12);;2*1H2/q;;+2;;/p-1. The van der Waals surface area contributed by atoms with Gasteiger partial charge in [0, 0.05) is 23.2 Å². The quantitative estimate of drug-likeness (QED) is 0.215. The van der Waals surface area contributed by atoms with E-state index in [0.717, 1.165) is 33.9 Å². The van der Waals surface area contributed by atoms with Gasteiger partial charge in [-0.15, -0.1) is 0 Å². The normalized spacial score (nSPS) is 9.10. The maximum absolute atomic E-state index is 10.2. The van der Waals surface area contributed by atoms with E-state index in [9.17, 15) is 19.8 Å². The molecule has 1 aromatic carbocycles. The van der Waals surface area contributed by atoms with Crippen LogP contribution < -0.4 is 10.2 Å². The summed E-state index contributed by atoms with van der Waals surface area (Å²) < 4.78 is 0. The molecule has 0 saturated carbocycles. The fraction of sp³-hybridized carbons (Fsp3) is 0. The fourth-order valence-electron chi connectivity index (χ4n) is 2.34. The summed E-state index contributed by atoms with van der Waals surface area (Å²) in [7, 11) is 0. The molecular weight excluding hydrogens is 421 g/mol. The number of carbonyl (C=O) groups is 2. The molecule has 0 aliphatic heterocycles. The van der Waals surface area contributed by atoms with Crippen molar-refractivity contribution in [3.63, 3.8) is 0 Å². The van der Waals surface area contributed by atoms with Crippen molar-refractivity contribution in [1.29, 1.82) is 0 Å². The average Bonchev–Trinajstić information content (AvgIpc) is 2.68. The van der Waals surface area contributed by atoms with Crippen LogP contribution in [0.5, 0.6) is 0 Å². The van der Waals surface area contributed by atoms with E-state index < -0.39 is 23.3 Å². The minimum absolute atomic E-state index is 0. The third-order valence-corrected chi connectivity index (χ3v) is 3.51. The molecule has 10 heteroatoms. The Morgan fingerprint density at radius 1 is 0.690 bits per heavy atom. The molecule has 1 radical (unpaired) electrons. The van der Waals surface area contributed by atoms with Crippen molar-refractivity contribution in [2.45, 2.75) is 0 Å². The molecule has 5 N–H and O–H groups in total. The van der Waals surface area contributed by atoms with Gasteiger partial charge in [0.1, 0.15) is 0 Å². The third kappa shape index (κ3) is 6.03. The predicted octanol–water partition coefficient (Wildman–Crippen LogP) is -1.16. The maximum Gasteiger partial charge on any atom is 2.00 e. The number of rotatable bonds is 2. The fourth-order valence-corrected chi connectivity index (χ4v) is 2.34. The summed E-state index contributed by atoms with van der Waals surface area (Å²) in [5.74, 6) is -3.03. The van der Waals surface area contributed by atoms with Crippen LogP contribution >= 0.6 is 0 Å². The van der Waals surface area contributed by atoms with Gasteiger partial charge in [0.15, 0.2) is 0 Å². The van der Waals surface area contributed by atoms with E-state index in [2.05, 4.69) is 39.2 Å². The van der Waals surface area contributed by atoms with Gasteiger partial charge in [-0.3, -0.25) is 9.97 Å². The molecule has 9 nitrogen and oxygen atoms in total. The van der Waals surface area contributed by atoms with Crippen LogP contribution in [0.15, 0.2) is 67.0 Å². The molecule has 0 aliphatic rings.